The molecule has 0 spiro atoms. The van der Waals surface area contributed by atoms with Crippen LogP contribution in [0.3, 0.4) is 0 Å². The fraction of sp³-hybridized carbons (Fsp3) is 0.529. The molecule has 3 N–H and O–H groups in total. The first-order chi connectivity index (χ1) is 10.7. The SMILES string of the molecule is CCCCN(CCCC)Cc1ccc(C=NNC(N)=S)cc1. The second kappa shape index (κ2) is 11.2. The van der Waals surface area contributed by atoms with Gasteiger partial charge in [-0.2, -0.15) is 5.10 Å². The molecule has 0 aliphatic carbocycles. The lowest BCUT2D eigenvalue weighted by atomic mass is 10.1. The Labute approximate surface area is 139 Å². The molecule has 0 saturated carbocycles. The summed E-state index contributed by atoms with van der Waals surface area (Å²) >= 11 is 4.70. The maximum absolute atomic E-state index is 5.32. The van der Waals surface area contributed by atoms with E-state index in [1.165, 1.54) is 44.3 Å². The quantitative estimate of drug-likeness (QED) is 0.395. The summed E-state index contributed by atoms with van der Waals surface area (Å²) < 4.78 is 0. The highest BCUT2D eigenvalue weighted by molar-refractivity contribution is 7.80. The third kappa shape index (κ3) is 8.10. The first-order valence-corrected chi connectivity index (χ1v) is 8.46. The predicted molar refractivity (Wildman–Crippen MR) is 99.1 cm³/mol. The van der Waals surface area contributed by atoms with E-state index in [4.69, 9.17) is 18.0 Å². The number of unbranched alkanes of at least 4 members (excludes halogenated alkanes) is 2. The fourth-order valence-electron chi connectivity index (χ4n) is 2.17. The summed E-state index contributed by atoms with van der Waals surface area (Å²) in [6.07, 6.45) is 6.73. The van der Waals surface area contributed by atoms with Crippen LogP contribution < -0.4 is 11.2 Å². The van der Waals surface area contributed by atoms with Gasteiger partial charge in [-0.15, -0.1) is 0 Å². The summed E-state index contributed by atoms with van der Waals surface area (Å²) in [5.74, 6) is 0. The zero-order chi connectivity index (χ0) is 16.2. The smallest absolute Gasteiger partial charge is 0.184 e. The van der Waals surface area contributed by atoms with Crippen molar-refractivity contribution in [2.75, 3.05) is 13.1 Å². The van der Waals surface area contributed by atoms with Crippen LogP contribution in [-0.2, 0) is 6.54 Å². The van der Waals surface area contributed by atoms with Crippen molar-refractivity contribution in [3.63, 3.8) is 0 Å². The van der Waals surface area contributed by atoms with Crippen LogP contribution >= 0.6 is 12.2 Å². The zero-order valence-electron chi connectivity index (χ0n) is 13.7. The molecule has 122 valence electrons. The van der Waals surface area contributed by atoms with Crippen molar-refractivity contribution < 1.29 is 0 Å². The molecule has 0 bridgehead atoms. The van der Waals surface area contributed by atoms with E-state index in [1.54, 1.807) is 6.21 Å². The second-order valence-electron chi connectivity index (χ2n) is 5.46. The highest BCUT2D eigenvalue weighted by atomic mass is 32.1. The molecule has 0 radical (unpaired) electrons. The van der Waals surface area contributed by atoms with Gasteiger partial charge in [-0.05, 0) is 49.3 Å². The monoisotopic (exact) mass is 320 g/mol. The van der Waals surface area contributed by atoms with Gasteiger partial charge in [0.15, 0.2) is 5.11 Å². The van der Waals surface area contributed by atoms with Crippen LogP contribution in [0.5, 0.6) is 0 Å². The number of hydrogen-bond acceptors (Lipinski definition) is 3. The molecule has 0 unspecified atom stereocenters. The van der Waals surface area contributed by atoms with Crippen molar-refractivity contribution in [1.29, 1.82) is 0 Å². The molecule has 22 heavy (non-hydrogen) atoms. The summed E-state index contributed by atoms with van der Waals surface area (Å²) in [5, 5.41) is 4.14. The lowest BCUT2D eigenvalue weighted by Gasteiger charge is -2.22. The van der Waals surface area contributed by atoms with E-state index in [-0.39, 0.29) is 5.11 Å². The standard InChI is InChI=1S/C17H28N4S/c1-3-5-11-21(12-6-4-2)14-16-9-7-15(8-10-16)13-19-20-17(18)22/h7-10,13H,3-6,11-12,14H2,1-2H3,(H3,18,20,22). The van der Waals surface area contributed by atoms with E-state index < -0.39 is 0 Å². The van der Waals surface area contributed by atoms with Gasteiger partial charge in [0.2, 0.25) is 0 Å². The van der Waals surface area contributed by atoms with Crippen LogP contribution in [0.4, 0.5) is 0 Å². The van der Waals surface area contributed by atoms with Crippen LogP contribution in [0.25, 0.3) is 0 Å². The lowest BCUT2D eigenvalue weighted by Crippen LogP contribution is -2.25. The Hall–Kier alpha value is -1.46. The van der Waals surface area contributed by atoms with Gasteiger partial charge >= 0.3 is 0 Å². The Balaban J connectivity index is 2.55. The summed E-state index contributed by atoms with van der Waals surface area (Å²) in [5.41, 5.74) is 10.2. The van der Waals surface area contributed by atoms with E-state index in [1.807, 2.05) is 0 Å². The minimum atomic E-state index is 0.176. The van der Waals surface area contributed by atoms with Gasteiger partial charge in [0.05, 0.1) is 6.21 Å². The van der Waals surface area contributed by atoms with Crippen molar-refractivity contribution in [2.24, 2.45) is 10.8 Å². The van der Waals surface area contributed by atoms with E-state index in [2.05, 4.69) is 53.5 Å². The van der Waals surface area contributed by atoms with Gasteiger partial charge in [-0.1, -0.05) is 51.0 Å². The van der Waals surface area contributed by atoms with Gasteiger partial charge in [0, 0.05) is 6.54 Å². The van der Waals surface area contributed by atoms with Gasteiger partial charge < -0.3 is 5.73 Å². The van der Waals surface area contributed by atoms with Crippen LogP contribution in [0.2, 0.25) is 0 Å². The molecular weight excluding hydrogens is 292 g/mol. The first kappa shape index (κ1) is 18.6. The fourth-order valence-corrected chi connectivity index (χ4v) is 2.22. The van der Waals surface area contributed by atoms with Gasteiger partial charge in [0.1, 0.15) is 0 Å². The lowest BCUT2D eigenvalue weighted by molar-refractivity contribution is 0.257. The Kier molecular flexibility index (Phi) is 9.42. The number of nitrogens with zero attached hydrogens (tertiary/aromatic N) is 2. The molecule has 4 nitrogen and oxygen atoms in total. The number of thiocarbonyl (C=S) groups is 1. The summed E-state index contributed by atoms with van der Waals surface area (Å²) in [6.45, 7) is 7.86. The van der Waals surface area contributed by atoms with Gasteiger partial charge in [-0.3, -0.25) is 10.3 Å². The Morgan fingerprint density at radius 1 is 1.18 bits per heavy atom. The number of nitrogens with two attached hydrogens (primary N) is 1. The summed E-state index contributed by atoms with van der Waals surface area (Å²) in [4.78, 5) is 2.55. The average Bonchev–Trinajstić information content (AvgIpc) is 2.51. The predicted octanol–water partition coefficient (Wildman–Crippen LogP) is 3.26. The molecule has 0 fully saturated rings. The van der Waals surface area contributed by atoms with Crippen LogP contribution in [0.1, 0.15) is 50.7 Å². The molecule has 0 atom stereocenters. The van der Waals surface area contributed by atoms with Crippen LogP contribution in [0, 0.1) is 0 Å². The van der Waals surface area contributed by atoms with Crippen molar-refractivity contribution in [2.45, 2.75) is 46.1 Å². The number of hydrazone groups is 1. The largest absolute Gasteiger partial charge is 0.375 e. The zero-order valence-corrected chi connectivity index (χ0v) is 14.5. The van der Waals surface area contributed by atoms with Crippen molar-refractivity contribution >= 4 is 23.5 Å². The molecular formula is C17H28N4S. The van der Waals surface area contributed by atoms with Crippen LogP contribution in [-0.4, -0.2) is 29.3 Å². The molecule has 0 amide bonds. The molecule has 1 rings (SSSR count). The maximum Gasteiger partial charge on any atom is 0.184 e. The third-order valence-corrected chi connectivity index (χ3v) is 3.52. The maximum atomic E-state index is 5.32. The molecule has 5 heteroatoms. The average molecular weight is 321 g/mol. The Morgan fingerprint density at radius 2 is 1.77 bits per heavy atom. The van der Waals surface area contributed by atoms with Crippen molar-refractivity contribution in [3.05, 3.63) is 35.4 Å². The first-order valence-electron chi connectivity index (χ1n) is 8.05. The molecule has 1 aromatic carbocycles. The minimum absolute atomic E-state index is 0.176. The number of benzene rings is 1. The number of nitrogens with one attached hydrogen (secondary N) is 1. The van der Waals surface area contributed by atoms with E-state index in [0.29, 0.717) is 0 Å². The Bertz CT molecular complexity index is 448. The van der Waals surface area contributed by atoms with Gasteiger partial charge in [0.25, 0.3) is 0 Å². The molecule has 0 saturated heterocycles. The molecule has 0 heterocycles. The summed E-state index contributed by atoms with van der Waals surface area (Å²) in [7, 11) is 0. The van der Waals surface area contributed by atoms with Crippen molar-refractivity contribution in [1.82, 2.24) is 10.3 Å². The van der Waals surface area contributed by atoms with Gasteiger partial charge in [-0.25, -0.2) is 0 Å². The molecule has 1 aromatic rings. The molecule has 0 aliphatic heterocycles. The number of rotatable bonds is 10. The van der Waals surface area contributed by atoms with E-state index >= 15 is 0 Å². The Morgan fingerprint density at radius 3 is 2.27 bits per heavy atom. The highest BCUT2D eigenvalue weighted by Crippen LogP contribution is 2.09. The highest BCUT2D eigenvalue weighted by Gasteiger charge is 2.05. The van der Waals surface area contributed by atoms with E-state index in [0.717, 1.165) is 12.1 Å². The summed E-state index contributed by atoms with van der Waals surface area (Å²) in [6, 6.07) is 8.45. The normalized spacial score (nSPS) is 11.2. The molecule has 0 aromatic heterocycles. The molecule has 0 aliphatic rings. The van der Waals surface area contributed by atoms with E-state index in [9.17, 15) is 0 Å². The third-order valence-electron chi connectivity index (χ3n) is 3.43. The topological polar surface area (TPSA) is 53.6 Å². The minimum Gasteiger partial charge on any atom is -0.375 e. The second-order valence-corrected chi connectivity index (χ2v) is 5.90. The van der Waals surface area contributed by atoms with Crippen LogP contribution in [0.15, 0.2) is 29.4 Å². The van der Waals surface area contributed by atoms with Crippen molar-refractivity contribution in [3.8, 4) is 0 Å². The number of hydrogen-bond donors (Lipinski definition) is 2.